The molecule has 4 rings (SSSR count). The number of hydrogen-bond donors (Lipinski definition) is 0. The van der Waals surface area contributed by atoms with E-state index in [9.17, 15) is 27.2 Å². The van der Waals surface area contributed by atoms with E-state index < -0.39 is 36.4 Å². The maximum atomic E-state index is 13.7. The van der Waals surface area contributed by atoms with Gasteiger partial charge in [-0.1, -0.05) is 17.7 Å². The molecule has 35 heavy (non-hydrogen) atoms. The highest BCUT2D eigenvalue weighted by Crippen LogP contribution is 2.23. The van der Waals surface area contributed by atoms with E-state index in [4.69, 9.17) is 11.6 Å². The van der Waals surface area contributed by atoms with Crippen LogP contribution >= 0.6 is 11.6 Å². The smallest absolute Gasteiger partial charge is 0.291 e. The van der Waals surface area contributed by atoms with Crippen molar-refractivity contribution in [3.63, 3.8) is 0 Å². The molecule has 0 unspecified atom stereocenters. The number of halogens is 5. The van der Waals surface area contributed by atoms with Crippen molar-refractivity contribution in [3.05, 3.63) is 81.5 Å². The van der Waals surface area contributed by atoms with Gasteiger partial charge in [-0.3, -0.25) is 9.36 Å². The Kier molecular flexibility index (Phi) is 6.57. The van der Waals surface area contributed by atoms with E-state index >= 15 is 0 Å². The van der Waals surface area contributed by atoms with Crippen molar-refractivity contribution in [3.8, 4) is 17.1 Å². The number of rotatable bonds is 7. The minimum Gasteiger partial charge on any atom is -0.291 e. The molecule has 0 saturated heterocycles. The summed E-state index contributed by atoms with van der Waals surface area (Å²) in [6, 6.07) is 11.4. The molecule has 0 aliphatic carbocycles. The molecule has 0 spiro atoms. The highest BCUT2D eigenvalue weighted by molar-refractivity contribution is 6.30. The number of Topliss-reactive ketones (excluding diaryl/α,β-unsaturated/α-hetero) is 1. The Morgan fingerprint density at radius 3 is 2.43 bits per heavy atom. The Balaban J connectivity index is 1.75. The predicted octanol–water partition coefficient (Wildman–Crippen LogP) is 4.29. The Labute approximate surface area is 200 Å². The van der Waals surface area contributed by atoms with E-state index in [0.717, 1.165) is 20.0 Å². The van der Waals surface area contributed by atoms with Crippen LogP contribution in [-0.2, 0) is 13.1 Å². The van der Waals surface area contributed by atoms with Gasteiger partial charge in [0, 0.05) is 24.1 Å². The molecule has 2 aromatic carbocycles. The maximum absolute atomic E-state index is 13.7. The van der Waals surface area contributed by atoms with E-state index in [1.54, 1.807) is 0 Å². The van der Waals surface area contributed by atoms with Crippen LogP contribution in [0.4, 0.5) is 17.6 Å². The molecule has 0 fully saturated rings. The predicted molar refractivity (Wildman–Crippen MR) is 118 cm³/mol. The average Bonchev–Trinajstić information content (AvgIpc) is 3.34. The third kappa shape index (κ3) is 5.48. The van der Waals surface area contributed by atoms with Gasteiger partial charge in [0.25, 0.3) is 0 Å². The quantitative estimate of drug-likeness (QED) is 0.274. The molecule has 0 N–H and O–H groups in total. The van der Waals surface area contributed by atoms with Crippen molar-refractivity contribution in [2.24, 2.45) is 0 Å². The van der Waals surface area contributed by atoms with Gasteiger partial charge < -0.3 is 0 Å². The van der Waals surface area contributed by atoms with Crippen LogP contribution in [0.15, 0.2) is 53.3 Å². The lowest BCUT2D eigenvalue weighted by atomic mass is 10.2. The minimum absolute atomic E-state index is 0.00673. The SMILES string of the molecule is CC(=O)c1nc(Cn2nc(-c3ccc(Cl)cc3)n(CCC(F)(F)F)c2=O)nn1-c1cccc(F)c1. The van der Waals surface area contributed by atoms with Crippen molar-refractivity contribution in [1.29, 1.82) is 0 Å². The lowest BCUT2D eigenvalue weighted by Crippen LogP contribution is -2.27. The fraction of sp³-hybridized carbons (Fsp3) is 0.227. The summed E-state index contributed by atoms with van der Waals surface area (Å²) in [5.74, 6) is -1.12. The van der Waals surface area contributed by atoms with E-state index in [1.807, 2.05) is 0 Å². The standard InChI is InChI=1S/C22H17ClF4N6O2/c1-13(34)19-28-18(29-33(19)17-4-2-3-16(24)11-17)12-32-21(35)31(10-9-22(25,26)27)20(30-32)14-5-7-15(23)8-6-14/h2-8,11H,9-10,12H2,1H3. The number of aromatic nitrogens is 6. The van der Waals surface area contributed by atoms with Crippen molar-refractivity contribution in [2.75, 3.05) is 0 Å². The average molecular weight is 509 g/mol. The van der Waals surface area contributed by atoms with Crippen molar-refractivity contribution >= 4 is 17.4 Å². The molecule has 0 atom stereocenters. The molecule has 13 heteroatoms. The summed E-state index contributed by atoms with van der Waals surface area (Å²) >= 11 is 5.89. The van der Waals surface area contributed by atoms with Crippen LogP contribution in [0, 0.1) is 5.82 Å². The first-order valence-electron chi connectivity index (χ1n) is 10.2. The number of benzene rings is 2. The number of hydrogen-bond acceptors (Lipinski definition) is 5. The highest BCUT2D eigenvalue weighted by Gasteiger charge is 2.29. The summed E-state index contributed by atoms with van der Waals surface area (Å²) in [5, 5.41) is 8.80. The topological polar surface area (TPSA) is 87.6 Å². The van der Waals surface area contributed by atoms with E-state index in [2.05, 4.69) is 15.2 Å². The molecule has 2 aromatic heterocycles. The number of nitrogens with zero attached hydrogens (tertiary/aromatic N) is 6. The second-order valence-corrected chi connectivity index (χ2v) is 8.02. The van der Waals surface area contributed by atoms with Crippen molar-refractivity contribution < 1.29 is 22.4 Å². The van der Waals surface area contributed by atoms with Crippen LogP contribution in [0.5, 0.6) is 0 Å². The molecule has 8 nitrogen and oxygen atoms in total. The second kappa shape index (κ2) is 9.45. The fourth-order valence-electron chi connectivity index (χ4n) is 3.37. The Bertz CT molecular complexity index is 1440. The zero-order valence-corrected chi connectivity index (χ0v) is 18.9. The van der Waals surface area contributed by atoms with Crippen LogP contribution in [0.1, 0.15) is 29.8 Å². The summed E-state index contributed by atoms with van der Waals surface area (Å²) in [5.41, 5.74) is -0.195. The van der Waals surface area contributed by atoms with Gasteiger partial charge in [0.15, 0.2) is 23.3 Å². The number of carbonyl (C=O) groups excluding carboxylic acids is 1. The number of carbonyl (C=O) groups is 1. The summed E-state index contributed by atoms with van der Waals surface area (Å²) < 4.78 is 55.3. The van der Waals surface area contributed by atoms with Crippen LogP contribution in [0.25, 0.3) is 17.1 Å². The Morgan fingerprint density at radius 1 is 1.09 bits per heavy atom. The van der Waals surface area contributed by atoms with Crippen LogP contribution in [0.3, 0.4) is 0 Å². The molecule has 0 saturated carbocycles. The molecular weight excluding hydrogens is 492 g/mol. The van der Waals surface area contributed by atoms with E-state index in [0.29, 0.717) is 10.6 Å². The first-order valence-corrected chi connectivity index (χ1v) is 10.6. The number of ketones is 1. The third-order valence-electron chi connectivity index (χ3n) is 4.95. The molecule has 0 radical (unpaired) electrons. The molecule has 182 valence electrons. The Morgan fingerprint density at radius 2 is 1.80 bits per heavy atom. The van der Waals surface area contributed by atoms with Crippen LogP contribution in [-0.4, -0.2) is 41.1 Å². The maximum Gasteiger partial charge on any atom is 0.390 e. The van der Waals surface area contributed by atoms with Gasteiger partial charge in [-0.25, -0.2) is 23.5 Å². The molecule has 4 aromatic rings. The van der Waals surface area contributed by atoms with Gasteiger partial charge in [-0.05, 0) is 42.5 Å². The molecule has 2 heterocycles. The van der Waals surface area contributed by atoms with Gasteiger partial charge in [0.2, 0.25) is 0 Å². The monoisotopic (exact) mass is 508 g/mol. The summed E-state index contributed by atoms with van der Waals surface area (Å²) in [6.45, 7) is 0.269. The second-order valence-electron chi connectivity index (χ2n) is 7.59. The van der Waals surface area contributed by atoms with Crippen LogP contribution < -0.4 is 5.69 Å². The highest BCUT2D eigenvalue weighted by atomic mass is 35.5. The lowest BCUT2D eigenvalue weighted by Gasteiger charge is -2.08. The number of alkyl halides is 3. The Hall–Kier alpha value is -3.80. The minimum atomic E-state index is -4.49. The van der Waals surface area contributed by atoms with Gasteiger partial charge >= 0.3 is 11.9 Å². The zero-order chi connectivity index (χ0) is 25.3. The molecule has 0 bridgehead atoms. The van der Waals surface area contributed by atoms with Crippen molar-refractivity contribution in [2.45, 2.75) is 32.6 Å². The van der Waals surface area contributed by atoms with E-state index in [1.165, 1.54) is 49.4 Å². The molecule has 0 aliphatic rings. The summed E-state index contributed by atoms with van der Waals surface area (Å²) in [7, 11) is 0. The normalized spacial score (nSPS) is 11.7. The van der Waals surface area contributed by atoms with E-state index in [-0.39, 0.29) is 29.7 Å². The first-order chi connectivity index (χ1) is 16.5. The largest absolute Gasteiger partial charge is 0.390 e. The molecular formula is C22H17ClF4N6O2. The van der Waals surface area contributed by atoms with Crippen molar-refractivity contribution in [1.82, 2.24) is 29.1 Å². The summed E-state index contributed by atoms with van der Waals surface area (Å²) in [6.07, 6.45) is -5.72. The van der Waals surface area contributed by atoms with Gasteiger partial charge in [-0.15, -0.1) is 10.2 Å². The van der Waals surface area contributed by atoms with Crippen LogP contribution in [0.2, 0.25) is 5.02 Å². The van der Waals surface area contributed by atoms with Gasteiger partial charge in [0.05, 0.1) is 12.1 Å². The van der Waals surface area contributed by atoms with Gasteiger partial charge in [0.1, 0.15) is 12.4 Å². The summed E-state index contributed by atoms with van der Waals surface area (Å²) in [4.78, 5) is 29.2. The van der Waals surface area contributed by atoms with Gasteiger partial charge in [-0.2, -0.15) is 13.2 Å². The first kappa shape index (κ1) is 24.3. The third-order valence-corrected chi connectivity index (χ3v) is 5.21. The molecule has 0 aliphatic heterocycles. The zero-order valence-electron chi connectivity index (χ0n) is 18.1. The fourth-order valence-corrected chi connectivity index (χ4v) is 3.49. The lowest BCUT2D eigenvalue weighted by molar-refractivity contribution is -0.136. The molecule has 0 amide bonds.